The highest BCUT2D eigenvalue weighted by Gasteiger charge is 2.37. The van der Waals surface area contributed by atoms with Crippen molar-refractivity contribution in [2.24, 2.45) is 0 Å². The molecule has 0 saturated heterocycles. The fourth-order valence-electron chi connectivity index (χ4n) is 3.41. The van der Waals surface area contributed by atoms with Crippen LogP contribution in [0.15, 0.2) is 66.7 Å². The number of fused-ring (bicyclic) bond motifs is 1. The number of aryl methyl sites for hydroxylation is 2. The molecule has 30 heavy (non-hydrogen) atoms. The third kappa shape index (κ3) is 3.48. The van der Waals surface area contributed by atoms with Crippen molar-refractivity contribution in [2.45, 2.75) is 13.8 Å². The van der Waals surface area contributed by atoms with Gasteiger partial charge in [0.25, 0.3) is 17.7 Å². The van der Waals surface area contributed by atoms with Crippen molar-refractivity contribution in [1.82, 2.24) is 4.90 Å². The lowest BCUT2D eigenvalue weighted by atomic mass is 10.1. The molecular weight excluding hydrogens is 400 g/mol. The van der Waals surface area contributed by atoms with E-state index < -0.39 is 11.8 Å². The molecule has 3 aromatic carbocycles. The van der Waals surface area contributed by atoms with Crippen LogP contribution in [0.4, 0.5) is 5.69 Å². The summed E-state index contributed by atoms with van der Waals surface area (Å²) in [4.78, 5) is 41.6. The van der Waals surface area contributed by atoms with Gasteiger partial charge in [-0.3, -0.25) is 24.2 Å². The summed E-state index contributed by atoms with van der Waals surface area (Å²) in [6, 6.07) is 18.8. The largest absolute Gasteiger partial charge is 0.290 e. The second-order valence-corrected chi connectivity index (χ2v) is 7.67. The van der Waals surface area contributed by atoms with Crippen molar-refractivity contribution < 1.29 is 14.4 Å². The third-order valence-electron chi connectivity index (χ3n) is 5.30. The van der Waals surface area contributed by atoms with Crippen LogP contribution in [-0.2, 0) is 0 Å². The normalized spacial score (nSPS) is 12.8. The van der Waals surface area contributed by atoms with Gasteiger partial charge < -0.3 is 0 Å². The van der Waals surface area contributed by atoms with Crippen molar-refractivity contribution in [3.05, 3.63) is 99.6 Å². The summed E-state index contributed by atoms with van der Waals surface area (Å²) in [5, 5.41) is 0.518. The van der Waals surface area contributed by atoms with Crippen LogP contribution in [0.1, 0.15) is 42.2 Å². The van der Waals surface area contributed by atoms with E-state index in [-0.39, 0.29) is 12.6 Å². The molecule has 0 fully saturated rings. The Balaban J connectivity index is 1.73. The summed E-state index contributed by atoms with van der Waals surface area (Å²) in [6.07, 6.45) is 0. The van der Waals surface area contributed by atoms with Crippen LogP contribution in [0.25, 0.3) is 0 Å². The minimum Gasteiger partial charge on any atom is -0.290 e. The quantitative estimate of drug-likeness (QED) is 0.568. The zero-order valence-electron chi connectivity index (χ0n) is 16.6. The molecule has 0 N–H and O–H groups in total. The van der Waals surface area contributed by atoms with Gasteiger partial charge in [0.05, 0.1) is 11.1 Å². The second-order valence-electron chi connectivity index (χ2n) is 7.23. The smallest absolute Gasteiger partial charge is 0.263 e. The van der Waals surface area contributed by atoms with E-state index in [0.29, 0.717) is 27.4 Å². The van der Waals surface area contributed by atoms with Crippen molar-refractivity contribution in [3.63, 3.8) is 0 Å². The predicted molar refractivity (Wildman–Crippen MR) is 116 cm³/mol. The molecule has 3 amide bonds. The number of amides is 3. The molecule has 150 valence electrons. The molecular formula is C24H19ClN2O3. The lowest BCUT2D eigenvalue weighted by molar-refractivity contribution is 0.0650. The molecule has 0 saturated carbocycles. The molecule has 0 spiro atoms. The zero-order chi connectivity index (χ0) is 21.4. The lowest BCUT2D eigenvalue weighted by Gasteiger charge is -2.27. The van der Waals surface area contributed by atoms with Gasteiger partial charge in [0, 0.05) is 16.3 Å². The molecule has 0 radical (unpaired) electrons. The second kappa shape index (κ2) is 7.76. The number of carbonyl (C=O) groups is 3. The minimum atomic E-state index is -0.409. The van der Waals surface area contributed by atoms with Gasteiger partial charge in [-0.1, -0.05) is 29.8 Å². The van der Waals surface area contributed by atoms with E-state index in [0.717, 1.165) is 16.0 Å². The molecule has 0 unspecified atom stereocenters. The Morgan fingerprint density at radius 2 is 1.47 bits per heavy atom. The van der Waals surface area contributed by atoms with E-state index in [1.165, 1.54) is 4.90 Å². The highest BCUT2D eigenvalue weighted by atomic mass is 35.5. The molecule has 1 aliphatic rings. The summed E-state index contributed by atoms with van der Waals surface area (Å²) in [5.74, 6) is -1.15. The first-order chi connectivity index (χ1) is 14.4. The van der Waals surface area contributed by atoms with Gasteiger partial charge in [-0.2, -0.15) is 0 Å². The first kappa shape index (κ1) is 19.9. The fraction of sp³-hybridized carbons (Fsp3) is 0.125. The van der Waals surface area contributed by atoms with Gasteiger partial charge in [-0.05, 0) is 73.5 Å². The Morgan fingerprint density at radius 1 is 0.867 bits per heavy atom. The standard InChI is InChI=1S/C24H19ClN2O3/c1-15-7-12-19(13-16(15)2)26(22(28)17-8-10-18(25)11-9-17)14-27-23(29)20-5-3-4-6-21(20)24(27)30/h3-13H,14H2,1-2H3. The Bertz CT molecular complexity index is 1140. The Hall–Kier alpha value is -3.44. The molecule has 0 atom stereocenters. The maximum absolute atomic E-state index is 13.4. The van der Waals surface area contributed by atoms with Crippen molar-refractivity contribution >= 4 is 35.0 Å². The van der Waals surface area contributed by atoms with E-state index in [1.807, 2.05) is 32.0 Å². The van der Waals surface area contributed by atoms with Crippen LogP contribution < -0.4 is 4.90 Å². The van der Waals surface area contributed by atoms with Gasteiger partial charge in [0.15, 0.2) is 0 Å². The number of halogens is 1. The Kier molecular flexibility index (Phi) is 5.14. The molecule has 6 heteroatoms. The van der Waals surface area contributed by atoms with Crippen LogP contribution in [0.2, 0.25) is 5.02 Å². The number of anilines is 1. The SMILES string of the molecule is Cc1ccc(N(CN2C(=O)c3ccccc3C2=O)C(=O)c2ccc(Cl)cc2)cc1C. The number of rotatable bonds is 4. The van der Waals surface area contributed by atoms with Crippen LogP contribution in [0, 0.1) is 13.8 Å². The first-order valence-corrected chi connectivity index (χ1v) is 9.84. The third-order valence-corrected chi connectivity index (χ3v) is 5.55. The van der Waals surface area contributed by atoms with E-state index in [4.69, 9.17) is 11.6 Å². The number of hydrogen-bond acceptors (Lipinski definition) is 3. The molecule has 0 bridgehead atoms. The van der Waals surface area contributed by atoms with Crippen molar-refractivity contribution in [2.75, 3.05) is 11.6 Å². The maximum atomic E-state index is 13.4. The number of hydrogen-bond donors (Lipinski definition) is 0. The number of nitrogens with zero attached hydrogens (tertiary/aromatic N) is 2. The zero-order valence-corrected chi connectivity index (χ0v) is 17.3. The van der Waals surface area contributed by atoms with E-state index in [9.17, 15) is 14.4 Å². The number of imide groups is 1. The van der Waals surface area contributed by atoms with Gasteiger partial charge in [0.2, 0.25) is 0 Å². The van der Waals surface area contributed by atoms with Crippen LogP contribution in [-0.4, -0.2) is 29.3 Å². The molecule has 0 aliphatic carbocycles. The molecule has 5 nitrogen and oxygen atoms in total. The highest BCUT2D eigenvalue weighted by Crippen LogP contribution is 2.26. The van der Waals surface area contributed by atoms with Crippen LogP contribution >= 0.6 is 11.6 Å². The summed E-state index contributed by atoms with van der Waals surface area (Å²) < 4.78 is 0. The van der Waals surface area contributed by atoms with Crippen molar-refractivity contribution in [3.8, 4) is 0 Å². The summed E-state index contributed by atoms with van der Waals surface area (Å²) in [5.41, 5.74) is 3.80. The highest BCUT2D eigenvalue weighted by molar-refractivity contribution is 6.30. The van der Waals surface area contributed by atoms with Crippen molar-refractivity contribution in [1.29, 1.82) is 0 Å². The van der Waals surface area contributed by atoms with E-state index in [2.05, 4.69) is 0 Å². The molecule has 3 aromatic rings. The summed E-state index contributed by atoms with van der Waals surface area (Å²) in [6.45, 7) is 3.75. The maximum Gasteiger partial charge on any atom is 0.263 e. The van der Waals surface area contributed by atoms with Gasteiger partial charge in [0.1, 0.15) is 6.67 Å². The summed E-state index contributed by atoms with van der Waals surface area (Å²) >= 11 is 5.96. The monoisotopic (exact) mass is 418 g/mol. The topological polar surface area (TPSA) is 57.7 Å². The fourth-order valence-corrected chi connectivity index (χ4v) is 3.54. The van der Waals surface area contributed by atoms with Gasteiger partial charge >= 0.3 is 0 Å². The molecule has 1 heterocycles. The molecule has 0 aromatic heterocycles. The Labute approximate surface area is 179 Å². The minimum absolute atomic E-state index is 0.184. The van der Waals surface area contributed by atoms with E-state index >= 15 is 0 Å². The Morgan fingerprint density at radius 3 is 2.03 bits per heavy atom. The molecule has 4 rings (SSSR count). The van der Waals surface area contributed by atoms with E-state index in [1.54, 1.807) is 48.5 Å². The average molecular weight is 419 g/mol. The average Bonchev–Trinajstić information content (AvgIpc) is 2.99. The van der Waals surface area contributed by atoms with Gasteiger partial charge in [-0.25, -0.2) is 0 Å². The summed E-state index contributed by atoms with van der Waals surface area (Å²) in [7, 11) is 0. The number of benzene rings is 3. The predicted octanol–water partition coefficient (Wildman–Crippen LogP) is 4.86. The molecule has 1 aliphatic heterocycles. The van der Waals surface area contributed by atoms with Crippen LogP contribution in [0.5, 0.6) is 0 Å². The lowest BCUT2D eigenvalue weighted by Crippen LogP contribution is -2.44. The first-order valence-electron chi connectivity index (χ1n) is 9.46. The van der Waals surface area contributed by atoms with Crippen LogP contribution in [0.3, 0.4) is 0 Å². The van der Waals surface area contributed by atoms with Gasteiger partial charge in [-0.15, -0.1) is 0 Å². The number of carbonyl (C=O) groups excluding carboxylic acids is 3.